The topological polar surface area (TPSA) is 73.8 Å². The van der Waals surface area contributed by atoms with Crippen molar-refractivity contribution in [2.24, 2.45) is 0 Å². The minimum Gasteiger partial charge on any atom is -0.346 e. The lowest BCUT2D eigenvalue weighted by Gasteiger charge is -2.32. The molecular formula is C37H38O8P2. The molecule has 10 heteroatoms. The summed E-state index contributed by atoms with van der Waals surface area (Å²) in [5, 5.41) is 4.90. The van der Waals surface area contributed by atoms with Gasteiger partial charge >= 0.3 is 0 Å². The Kier molecular flexibility index (Phi) is 10.0. The van der Waals surface area contributed by atoms with E-state index in [2.05, 4.69) is 97.1 Å². The molecule has 4 aliphatic rings. The number of benzene rings is 4. The first-order valence-corrected chi connectivity index (χ1v) is 19.2. The van der Waals surface area contributed by atoms with E-state index in [0.29, 0.717) is 52.9 Å². The maximum absolute atomic E-state index is 6.12. The van der Waals surface area contributed by atoms with Gasteiger partial charge in [-0.2, -0.15) is 0 Å². The molecule has 0 amide bonds. The summed E-state index contributed by atoms with van der Waals surface area (Å²) >= 11 is 0. The van der Waals surface area contributed by atoms with Crippen LogP contribution in [-0.2, 0) is 37.9 Å². The molecule has 0 saturated carbocycles. The monoisotopic (exact) mass is 672 g/mol. The van der Waals surface area contributed by atoms with Crippen molar-refractivity contribution in [3.63, 3.8) is 0 Å². The third-order valence-corrected chi connectivity index (χ3v) is 14.9. The molecule has 244 valence electrons. The van der Waals surface area contributed by atoms with Crippen molar-refractivity contribution in [2.75, 3.05) is 58.8 Å². The van der Waals surface area contributed by atoms with Gasteiger partial charge in [0.2, 0.25) is 0 Å². The Balaban J connectivity index is 1.32. The van der Waals surface area contributed by atoms with Gasteiger partial charge < -0.3 is 37.9 Å². The van der Waals surface area contributed by atoms with E-state index in [4.69, 9.17) is 37.9 Å². The van der Waals surface area contributed by atoms with Crippen molar-refractivity contribution in [2.45, 2.75) is 25.2 Å². The number of ether oxygens (including phenoxy) is 8. The lowest BCUT2D eigenvalue weighted by atomic mass is 10.2. The maximum atomic E-state index is 6.12. The van der Waals surface area contributed by atoms with Crippen LogP contribution in [0.3, 0.4) is 0 Å². The van der Waals surface area contributed by atoms with Crippen LogP contribution in [0.25, 0.3) is 0 Å². The van der Waals surface area contributed by atoms with Crippen molar-refractivity contribution in [3.8, 4) is 0 Å². The number of hydrogen-bond donors (Lipinski definition) is 0. The van der Waals surface area contributed by atoms with Gasteiger partial charge in [-0.1, -0.05) is 97.1 Å². The molecule has 4 aliphatic heterocycles. The maximum Gasteiger partial charge on any atom is 0.184 e. The average molecular weight is 673 g/mol. The summed E-state index contributed by atoms with van der Waals surface area (Å²) in [4.78, 5) is 0. The van der Waals surface area contributed by atoms with Crippen LogP contribution in [0.2, 0.25) is 0 Å². The highest BCUT2D eigenvalue weighted by Crippen LogP contribution is 2.53. The molecule has 4 saturated heterocycles. The standard InChI is InChI=1S/C37H38O8P2/c1-5-13-30(26(9-1)34-38-17-18-39-34)46(31-14-6-2-10-27(31)35-40-19-20-41-35)25-47(32-15-7-3-11-28(32)36-42-21-22-43-36)33-16-8-4-12-29(33)37-44-23-24-45-37/h1-16,34-37H,17-25H2. The smallest absolute Gasteiger partial charge is 0.184 e. The lowest BCUT2D eigenvalue weighted by Crippen LogP contribution is -2.28. The van der Waals surface area contributed by atoms with Gasteiger partial charge in [-0.15, -0.1) is 0 Å². The molecule has 4 aromatic carbocycles. The Hall–Kier alpha value is -2.58. The van der Waals surface area contributed by atoms with Crippen LogP contribution in [0.1, 0.15) is 47.4 Å². The highest BCUT2D eigenvalue weighted by atomic mass is 31.2. The highest BCUT2D eigenvalue weighted by Gasteiger charge is 2.35. The van der Waals surface area contributed by atoms with Gasteiger partial charge in [0, 0.05) is 28.2 Å². The minimum atomic E-state index is -1.01. The Bertz CT molecular complexity index is 1400. The third-order valence-electron chi connectivity index (χ3n) is 8.70. The summed E-state index contributed by atoms with van der Waals surface area (Å²) in [6, 6.07) is 34.4. The van der Waals surface area contributed by atoms with Crippen LogP contribution in [0.4, 0.5) is 0 Å². The summed E-state index contributed by atoms with van der Waals surface area (Å²) in [6.45, 7) is 4.62. The first-order chi connectivity index (χ1) is 23.3. The zero-order valence-corrected chi connectivity index (χ0v) is 27.9. The van der Waals surface area contributed by atoms with Gasteiger partial charge in [-0.3, -0.25) is 0 Å². The van der Waals surface area contributed by atoms with Crippen LogP contribution >= 0.6 is 15.8 Å². The Morgan fingerprint density at radius 1 is 0.340 bits per heavy atom. The van der Waals surface area contributed by atoms with E-state index in [-0.39, 0.29) is 0 Å². The van der Waals surface area contributed by atoms with Gasteiger partial charge in [0.05, 0.1) is 52.9 Å². The van der Waals surface area contributed by atoms with Gasteiger partial charge in [0.1, 0.15) is 0 Å². The van der Waals surface area contributed by atoms with Crippen molar-refractivity contribution in [3.05, 3.63) is 119 Å². The van der Waals surface area contributed by atoms with E-state index in [9.17, 15) is 0 Å². The largest absolute Gasteiger partial charge is 0.346 e. The lowest BCUT2D eigenvalue weighted by molar-refractivity contribution is -0.0437. The van der Waals surface area contributed by atoms with Gasteiger partial charge in [-0.05, 0) is 37.1 Å². The second-order valence-corrected chi connectivity index (χ2v) is 16.3. The van der Waals surface area contributed by atoms with E-state index in [1.165, 1.54) is 21.2 Å². The van der Waals surface area contributed by atoms with E-state index in [0.717, 1.165) is 28.2 Å². The van der Waals surface area contributed by atoms with Crippen LogP contribution in [0.15, 0.2) is 97.1 Å². The van der Waals surface area contributed by atoms with Crippen molar-refractivity contribution >= 4 is 37.1 Å². The first-order valence-electron chi connectivity index (χ1n) is 16.2. The van der Waals surface area contributed by atoms with Crippen molar-refractivity contribution in [1.29, 1.82) is 0 Å². The molecule has 47 heavy (non-hydrogen) atoms. The minimum absolute atomic E-state index is 0.409. The molecular weight excluding hydrogens is 634 g/mol. The first kappa shape index (κ1) is 31.7. The Labute approximate surface area is 277 Å². The summed E-state index contributed by atoms with van der Waals surface area (Å²) in [5.74, 6) is 0.839. The van der Waals surface area contributed by atoms with E-state index in [1.807, 2.05) is 0 Å². The summed E-state index contributed by atoms with van der Waals surface area (Å²) in [5.41, 5.74) is 4.28. The molecule has 0 atom stereocenters. The SMILES string of the molecule is c1ccc(P(CP(c2ccccc2C2OCCO2)c2ccccc2C2OCCO2)c2ccccc2C2OCCO2)c(C2OCCO2)c1. The molecule has 0 aliphatic carbocycles. The fourth-order valence-corrected chi connectivity index (χ4v) is 13.7. The van der Waals surface area contributed by atoms with Crippen molar-refractivity contribution < 1.29 is 37.9 Å². The summed E-state index contributed by atoms with van der Waals surface area (Å²) in [6.07, 6.45) is -1.63. The zero-order valence-electron chi connectivity index (χ0n) is 26.1. The molecule has 0 radical (unpaired) electrons. The van der Waals surface area contributed by atoms with E-state index < -0.39 is 41.0 Å². The molecule has 8 nitrogen and oxygen atoms in total. The van der Waals surface area contributed by atoms with E-state index in [1.54, 1.807) is 0 Å². The summed E-state index contributed by atoms with van der Waals surface area (Å²) < 4.78 is 49.0. The molecule has 4 aromatic rings. The zero-order chi connectivity index (χ0) is 31.4. The third kappa shape index (κ3) is 6.70. The Morgan fingerprint density at radius 2 is 0.553 bits per heavy atom. The van der Waals surface area contributed by atoms with Crippen LogP contribution in [-0.4, -0.2) is 58.8 Å². The Morgan fingerprint density at radius 3 is 0.787 bits per heavy atom. The molecule has 8 rings (SSSR count). The normalized spacial score (nSPS) is 20.0. The fraction of sp³-hybridized carbons (Fsp3) is 0.351. The summed E-state index contributed by atoms with van der Waals surface area (Å²) in [7, 11) is -2.03. The van der Waals surface area contributed by atoms with Crippen LogP contribution in [0.5, 0.6) is 0 Å². The molecule has 4 heterocycles. The van der Waals surface area contributed by atoms with Gasteiger partial charge in [-0.25, -0.2) is 0 Å². The molecule has 0 unspecified atom stereocenters. The molecule has 0 spiro atoms. The average Bonchev–Trinajstić information content (AvgIpc) is 3.98. The van der Waals surface area contributed by atoms with Gasteiger partial charge in [0.15, 0.2) is 25.2 Å². The van der Waals surface area contributed by atoms with Crippen molar-refractivity contribution in [1.82, 2.24) is 0 Å². The van der Waals surface area contributed by atoms with Gasteiger partial charge in [0.25, 0.3) is 0 Å². The predicted octanol–water partition coefficient (Wildman–Crippen LogP) is 5.39. The molecule has 0 aromatic heterocycles. The second kappa shape index (κ2) is 14.9. The molecule has 0 bridgehead atoms. The fourth-order valence-electron chi connectivity index (χ4n) is 6.59. The predicted molar refractivity (Wildman–Crippen MR) is 182 cm³/mol. The van der Waals surface area contributed by atoms with Crippen LogP contribution in [0, 0.1) is 0 Å². The molecule has 4 fully saturated rings. The second-order valence-electron chi connectivity index (χ2n) is 11.5. The number of rotatable bonds is 10. The van der Waals surface area contributed by atoms with Crippen LogP contribution < -0.4 is 21.2 Å². The molecule has 0 N–H and O–H groups in total. The van der Waals surface area contributed by atoms with E-state index >= 15 is 0 Å². The quantitative estimate of drug-likeness (QED) is 0.208. The number of hydrogen-bond acceptors (Lipinski definition) is 8. The highest BCUT2D eigenvalue weighted by molar-refractivity contribution is 7.88.